The quantitative estimate of drug-likeness (QED) is 0.928. The predicted molar refractivity (Wildman–Crippen MR) is 73.1 cm³/mol. The summed E-state index contributed by atoms with van der Waals surface area (Å²) >= 11 is 5.00. The Hall–Kier alpha value is -0.840. The number of halogens is 1. The standard InChI is InChI=1S/C13H12BrNOS/c1-9(16)12-6-3-7-15-13(12)17-11-5-2-4-10(14)8-11/h2-9,16H,1H3. The van der Waals surface area contributed by atoms with Crippen LogP contribution in [0.3, 0.4) is 0 Å². The molecular weight excluding hydrogens is 298 g/mol. The molecule has 1 atom stereocenters. The van der Waals surface area contributed by atoms with Crippen molar-refractivity contribution in [2.75, 3.05) is 0 Å². The van der Waals surface area contributed by atoms with E-state index in [1.54, 1.807) is 24.9 Å². The second-order valence-electron chi connectivity index (χ2n) is 3.63. The third kappa shape index (κ3) is 3.31. The average molecular weight is 310 g/mol. The number of nitrogens with zero attached hydrogens (tertiary/aromatic N) is 1. The fraction of sp³-hybridized carbons (Fsp3) is 0.154. The van der Waals surface area contributed by atoms with Crippen LogP contribution >= 0.6 is 27.7 Å². The van der Waals surface area contributed by atoms with Gasteiger partial charge in [0.1, 0.15) is 5.03 Å². The van der Waals surface area contributed by atoms with Crippen molar-refractivity contribution >= 4 is 27.7 Å². The van der Waals surface area contributed by atoms with E-state index in [1.165, 1.54) is 0 Å². The number of hydrogen-bond acceptors (Lipinski definition) is 3. The lowest BCUT2D eigenvalue weighted by Crippen LogP contribution is -1.95. The maximum Gasteiger partial charge on any atom is 0.106 e. The SMILES string of the molecule is CC(O)c1cccnc1Sc1cccc(Br)c1. The number of rotatable bonds is 3. The molecule has 0 saturated carbocycles. The first-order valence-corrected chi connectivity index (χ1v) is 6.84. The van der Waals surface area contributed by atoms with Crippen LogP contribution in [0.5, 0.6) is 0 Å². The molecule has 0 amide bonds. The molecule has 4 heteroatoms. The van der Waals surface area contributed by atoms with Crippen LogP contribution in [0, 0.1) is 0 Å². The van der Waals surface area contributed by atoms with Gasteiger partial charge in [-0.2, -0.15) is 0 Å². The van der Waals surface area contributed by atoms with Gasteiger partial charge in [-0.1, -0.05) is 39.8 Å². The minimum atomic E-state index is -0.502. The lowest BCUT2D eigenvalue weighted by Gasteiger charge is -2.10. The van der Waals surface area contributed by atoms with Gasteiger partial charge >= 0.3 is 0 Å². The van der Waals surface area contributed by atoms with E-state index in [4.69, 9.17) is 0 Å². The van der Waals surface area contributed by atoms with Crippen molar-refractivity contribution in [1.29, 1.82) is 0 Å². The van der Waals surface area contributed by atoms with E-state index in [2.05, 4.69) is 20.9 Å². The molecule has 0 aliphatic rings. The van der Waals surface area contributed by atoms with Gasteiger partial charge < -0.3 is 5.11 Å². The van der Waals surface area contributed by atoms with Crippen molar-refractivity contribution in [2.24, 2.45) is 0 Å². The molecule has 17 heavy (non-hydrogen) atoms. The fourth-order valence-corrected chi connectivity index (χ4v) is 3.03. The van der Waals surface area contributed by atoms with Gasteiger partial charge in [0, 0.05) is 21.1 Å². The minimum absolute atomic E-state index is 0.502. The first-order chi connectivity index (χ1) is 8.16. The smallest absolute Gasteiger partial charge is 0.106 e. The van der Waals surface area contributed by atoms with E-state index in [0.29, 0.717) is 0 Å². The number of aliphatic hydroxyl groups excluding tert-OH is 1. The zero-order chi connectivity index (χ0) is 12.3. The summed E-state index contributed by atoms with van der Waals surface area (Å²) < 4.78 is 1.04. The molecule has 1 heterocycles. The molecule has 1 aromatic carbocycles. The second-order valence-corrected chi connectivity index (χ2v) is 5.61. The first kappa shape index (κ1) is 12.6. The van der Waals surface area contributed by atoms with E-state index in [1.807, 2.05) is 36.4 Å². The second kappa shape index (κ2) is 5.67. The molecule has 2 rings (SSSR count). The molecular formula is C13H12BrNOS. The van der Waals surface area contributed by atoms with Gasteiger partial charge in [0.05, 0.1) is 6.10 Å². The van der Waals surface area contributed by atoms with Crippen molar-refractivity contribution < 1.29 is 5.11 Å². The highest BCUT2D eigenvalue weighted by Crippen LogP contribution is 2.32. The van der Waals surface area contributed by atoms with Crippen LogP contribution < -0.4 is 0 Å². The lowest BCUT2D eigenvalue weighted by molar-refractivity contribution is 0.195. The van der Waals surface area contributed by atoms with E-state index in [0.717, 1.165) is 20.0 Å². The normalized spacial score (nSPS) is 12.4. The van der Waals surface area contributed by atoms with Gasteiger partial charge in [0.2, 0.25) is 0 Å². The van der Waals surface area contributed by atoms with E-state index < -0.39 is 6.10 Å². The molecule has 1 unspecified atom stereocenters. The molecule has 2 aromatic rings. The molecule has 88 valence electrons. The van der Waals surface area contributed by atoms with Gasteiger partial charge in [-0.05, 0) is 31.2 Å². The highest BCUT2D eigenvalue weighted by atomic mass is 79.9. The summed E-state index contributed by atoms with van der Waals surface area (Å²) in [6.45, 7) is 1.75. The number of pyridine rings is 1. The Bertz CT molecular complexity index is 516. The van der Waals surface area contributed by atoms with Crippen molar-refractivity contribution in [2.45, 2.75) is 22.9 Å². The Kier molecular flexibility index (Phi) is 4.20. The molecule has 1 N–H and O–H groups in total. The van der Waals surface area contributed by atoms with Gasteiger partial charge in [-0.3, -0.25) is 0 Å². The number of aliphatic hydroxyl groups is 1. The summed E-state index contributed by atoms with van der Waals surface area (Å²) in [5, 5.41) is 10.5. The Morgan fingerprint density at radius 3 is 2.82 bits per heavy atom. The van der Waals surface area contributed by atoms with Gasteiger partial charge in [0.15, 0.2) is 0 Å². The van der Waals surface area contributed by atoms with Crippen molar-refractivity contribution in [1.82, 2.24) is 4.98 Å². The minimum Gasteiger partial charge on any atom is -0.389 e. The summed E-state index contributed by atoms with van der Waals surface area (Å²) in [4.78, 5) is 5.41. The molecule has 0 bridgehead atoms. The van der Waals surface area contributed by atoms with Crippen LogP contribution in [0.2, 0.25) is 0 Å². The van der Waals surface area contributed by atoms with Gasteiger partial charge in [0.25, 0.3) is 0 Å². The third-order valence-corrected chi connectivity index (χ3v) is 3.78. The molecule has 0 radical (unpaired) electrons. The highest BCUT2D eigenvalue weighted by Gasteiger charge is 2.09. The summed E-state index contributed by atoms with van der Waals surface area (Å²) in [5.74, 6) is 0. The summed E-state index contributed by atoms with van der Waals surface area (Å²) in [6, 6.07) is 11.8. The van der Waals surface area contributed by atoms with E-state index in [-0.39, 0.29) is 0 Å². The Morgan fingerprint density at radius 2 is 2.12 bits per heavy atom. The summed E-state index contributed by atoms with van der Waals surface area (Å²) in [5.41, 5.74) is 0.859. The first-order valence-electron chi connectivity index (χ1n) is 5.23. The molecule has 0 aliphatic carbocycles. The van der Waals surface area contributed by atoms with Crippen molar-refractivity contribution in [3.63, 3.8) is 0 Å². The van der Waals surface area contributed by atoms with Crippen LogP contribution in [-0.2, 0) is 0 Å². The topological polar surface area (TPSA) is 33.1 Å². The monoisotopic (exact) mass is 309 g/mol. The van der Waals surface area contributed by atoms with Crippen molar-refractivity contribution in [3.05, 3.63) is 52.6 Å². The largest absolute Gasteiger partial charge is 0.389 e. The Balaban J connectivity index is 2.30. The Labute approximate surface area is 113 Å². The average Bonchev–Trinajstić information content (AvgIpc) is 2.29. The number of hydrogen-bond donors (Lipinski definition) is 1. The maximum absolute atomic E-state index is 9.67. The zero-order valence-corrected chi connectivity index (χ0v) is 11.7. The Morgan fingerprint density at radius 1 is 1.29 bits per heavy atom. The van der Waals surface area contributed by atoms with Gasteiger partial charge in [-0.15, -0.1) is 0 Å². The van der Waals surface area contributed by atoms with Crippen molar-refractivity contribution in [3.8, 4) is 0 Å². The maximum atomic E-state index is 9.67. The zero-order valence-electron chi connectivity index (χ0n) is 9.30. The van der Waals surface area contributed by atoms with Crippen LogP contribution in [0.15, 0.2) is 57.0 Å². The van der Waals surface area contributed by atoms with Crippen LogP contribution in [0.1, 0.15) is 18.6 Å². The molecule has 0 aliphatic heterocycles. The van der Waals surface area contributed by atoms with Gasteiger partial charge in [-0.25, -0.2) is 4.98 Å². The number of benzene rings is 1. The molecule has 1 aromatic heterocycles. The highest BCUT2D eigenvalue weighted by molar-refractivity contribution is 9.10. The molecule has 0 spiro atoms. The lowest BCUT2D eigenvalue weighted by atomic mass is 10.2. The molecule has 2 nitrogen and oxygen atoms in total. The van der Waals surface area contributed by atoms with E-state index >= 15 is 0 Å². The fourth-order valence-electron chi connectivity index (χ4n) is 1.45. The van der Waals surface area contributed by atoms with E-state index in [9.17, 15) is 5.11 Å². The molecule has 0 saturated heterocycles. The van der Waals surface area contributed by atoms with Crippen LogP contribution in [-0.4, -0.2) is 10.1 Å². The van der Waals surface area contributed by atoms with Crippen LogP contribution in [0.4, 0.5) is 0 Å². The predicted octanol–water partition coefficient (Wildman–Crippen LogP) is 4.05. The summed E-state index contributed by atoms with van der Waals surface area (Å²) in [7, 11) is 0. The van der Waals surface area contributed by atoms with Crippen LogP contribution in [0.25, 0.3) is 0 Å². The number of aromatic nitrogens is 1. The third-order valence-electron chi connectivity index (χ3n) is 2.26. The summed E-state index contributed by atoms with van der Waals surface area (Å²) in [6.07, 6.45) is 1.24. The molecule has 0 fully saturated rings.